The van der Waals surface area contributed by atoms with Gasteiger partial charge in [-0.05, 0) is 25.3 Å². The topological polar surface area (TPSA) is 52.3 Å². The zero-order valence-corrected chi connectivity index (χ0v) is 7.23. The van der Waals surface area contributed by atoms with Crippen molar-refractivity contribution < 1.29 is 9.53 Å². The van der Waals surface area contributed by atoms with Crippen LogP contribution in [0, 0.1) is 5.92 Å². The van der Waals surface area contributed by atoms with E-state index in [9.17, 15) is 4.79 Å². The van der Waals surface area contributed by atoms with Crippen molar-refractivity contribution >= 4 is 18.4 Å². The summed E-state index contributed by atoms with van der Waals surface area (Å²) < 4.78 is 4.77. The van der Waals surface area contributed by atoms with Crippen molar-refractivity contribution in [2.75, 3.05) is 13.2 Å². The number of hydrogen-bond acceptors (Lipinski definition) is 3. The fourth-order valence-electron chi connectivity index (χ4n) is 1.22. The summed E-state index contributed by atoms with van der Waals surface area (Å²) in [5, 5.41) is 0. The first-order chi connectivity index (χ1) is 4.83. The Morgan fingerprint density at radius 3 is 2.91 bits per heavy atom. The van der Waals surface area contributed by atoms with E-state index >= 15 is 0 Å². The molecular formula is C7H14ClNO2. The molecular weight excluding hydrogens is 166 g/mol. The number of nitrogens with two attached hydrogens (primary N) is 1. The zero-order valence-electron chi connectivity index (χ0n) is 6.41. The summed E-state index contributed by atoms with van der Waals surface area (Å²) in [6.07, 6.45) is 2.51. The SMILES string of the molecule is Cl.NCCC1CCOC(=O)C1. The van der Waals surface area contributed by atoms with Crippen molar-refractivity contribution in [3.63, 3.8) is 0 Å². The number of ether oxygens (including phenoxy) is 1. The van der Waals surface area contributed by atoms with E-state index in [-0.39, 0.29) is 18.4 Å². The Kier molecular flexibility index (Phi) is 5.24. The molecule has 1 aliphatic heterocycles. The van der Waals surface area contributed by atoms with Crippen LogP contribution in [-0.4, -0.2) is 19.1 Å². The van der Waals surface area contributed by atoms with Gasteiger partial charge in [0.25, 0.3) is 0 Å². The normalized spacial score (nSPS) is 23.7. The smallest absolute Gasteiger partial charge is 0.306 e. The van der Waals surface area contributed by atoms with Crippen LogP contribution in [0.5, 0.6) is 0 Å². The van der Waals surface area contributed by atoms with E-state index in [1.165, 1.54) is 0 Å². The highest BCUT2D eigenvalue weighted by Gasteiger charge is 2.19. The van der Waals surface area contributed by atoms with Gasteiger partial charge in [-0.25, -0.2) is 0 Å². The molecule has 1 saturated heterocycles. The van der Waals surface area contributed by atoms with Gasteiger partial charge in [0.2, 0.25) is 0 Å². The van der Waals surface area contributed by atoms with Crippen LogP contribution in [0.25, 0.3) is 0 Å². The maximum absolute atomic E-state index is 10.7. The average molecular weight is 180 g/mol. The van der Waals surface area contributed by atoms with Crippen LogP contribution in [-0.2, 0) is 9.53 Å². The average Bonchev–Trinajstić information content (AvgIpc) is 1.88. The molecule has 0 spiro atoms. The minimum absolute atomic E-state index is 0. The second-order valence-electron chi connectivity index (χ2n) is 2.66. The molecule has 3 nitrogen and oxygen atoms in total. The summed E-state index contributed by atoms with van der Waals surface area (Å²) in [5.74, 6) is 0.413. The first-order valence-corrected chi connectivity index (χ1v) is 3.68. The number of carbonyl (C=O) groups excluding carboxylic acids is 1. The molecule has 1 heterocycles. The molecule has 1 rings (SSSR count). The maximum Gasteiger partial charge on any atom is 0.306 e. The van der Waals surface area contributed by atoms with Gasteiger partial charge < -0.3 is 10.5 Å². The highest BCUT2D eigenvalue weighted by molar-refractivity contribution is 5.85. The lowest BCUT2D eigenvalue weighted by Crippen LogP contribution is -2.22. The molecule has 1 aliphatic rings. The highest BCUT2D eigenvalue weighted by atomic mass is 35.5. The first-order valence-electron chi connectivity index (χ1n) is 3.68. The van der Waals surface area contributed by atoms with Gasteiger partial charge in [-0.1, -0.05) is 0 Å². The molecule has 0 aliphatic carbocycles. The monoisotopic (exact) mass is 179 g/mol. The van der Waals surface area contributed by atoms with E-state index in [0.717, 1.165) is 12.8 Å². The molecule has 4 heteroatoms. The molecule has 0 aromatic heterocycles. The van der Waals surface area contributed by atoms with E-state index in [2.05, 4.69) is 0 Å². The number of rotatable bonds is 2. The Morgan fingerprint density at radius 2 is 2.36 bits per heavy atom. The molecule has 0 aromatic rings. The molecule has 1 atom stereocenters. The van der Waals surface area contributed by atoms with Gasteiger partial charge in [-0.15, -0.1) is 12.4 Å². The van der Waals surface area contributed by atoms with E-state index in [1.807, 2.05) is 0 Å². The molecule has 0 amide bonds. The van der Waals surface area contributed by atoms with Crippen molar-refractivity contribution in [2.24, 2.45) is 11.7 Å². The van der Waals surface area contributed by atoms with E-state index in [1.54, 1.807) is 0 Å². The molecule has 66 valence electrons. The fourth-order valence-corrected chi connectivity index (χ4v) is 1.22. The Balaban J connectivity index is 0.000001000. The predicted octanol–water partition coefficient (Wildman–Crippen LogP) is 0.710. The molecule has 0 bridgehead atoms. The number of cyclic esters (lactones) is 1. The van der Waals surface area contributed by atoms with Crippen molar-refractivity contribution in [3.8, 4) is 0 Å². The predicted molar refractivity (Wildman–Crippen MR) is 44.6 cm³/mol. The summed E-state index contributed by atoms with van der Waals surface area (Å²) in [5.41, 5.74) is 5.35. The molecule has 0 saturated carbocycles. The summed E-state index contributed by atoms with van der Waals surface area (Å²) in [6, 6.07) is 0. The lowest BCUT2D eigenvalue weighted by atomic mass is 9.96. The van der Waals surface area contributed by atoms with Crippen molar-refractivity contribution in [1.29, 1.82) is 0 Å². The molecule has 11 heavy (non-hydrogen) atoms. The number of esters is 1. The lowest BCUT2D eigenvalue weighted by molar-refractivity contribution is -0.149. The van der Waals surface area contributed by atoms with Crippen LogP contribution in [0.1, 0.15) is 19.3 Å². The Bertz CT molecular complexity index is 128. The summed E-state index contributed by atoms with van der Waals surface area (Å²) in [4.78, 5) is 10.7. The Labute approximate surface area is 72.7 Å². The summed E-state index contributed by atoms with van der Waals surface area (Å²) in [6.45, 7) is 1.27. The molecule has 1 fully saturated rings. The number of halogens is 1. The fraction of sp³-hybridized carbons (Fsp3) is 0.857. The minimum atomic E-state index is -0.0651. The summed E-state index contributed by atoms with van der Waals surface area (Å²) >= 11 is 0. The van der Waals surface area contributed by atoms with E-state index in [4.69, 9.17) is 10.5 Å². The Morgan fingerprint density at radius 1 is 1.64 bits per heavy atom. The van der Waals surface area contributed by atoms with Crippen LogP contribution in [0.4, 0.5) is 0 Å². The second kappa shape index (κ2) is 5.38. The van der Waals surface area contributed by atoms with Gasteiger partial charge in [-0.3, -0.25) is 4.79 Å². The molecule has 0 aromatic carbocycles. The third-order valence-electron chi connectivity index (χ3n) is 1.82. The van der Waals surface area contributed by atoms with Crippen LogP contribution in [0.15, 0.2) is 0 Å². The highest BCUT2D eigenvalue weighted by Crippen LogP contribution is 2.17. The third kappa shape index (κ3) is 3.58. The number of hydrogen-bond donors (Lipinski definition) is 1. The van der Waals surface area contributed by atoms with Gasteiger partial charge in [0.05, 0.1) is 6.61 Å². The van der Waals surface area contributed by atoms with E-state index < -0.39 is 0 Å². The lowest BCUT2D eigenvalue weighted by Gasteiger charge is -2.19. The van der Waals surface area contributed by atoms with Crippen molar-refractivity contribution in [3.05, 3.63) is 0 Å². The van der Waals surface area contributed by atoms with Gasteiger partial charge in [0.1, 0.15) is 0 Å². The van der Waals surface area contributed by atoms with Crippen LogP contribution >= 0.6 is 12.4 Å². The molecule has 2 N–H and O–H groups in total. The van der Waals surface area contributed by atoms with Crippen LogP contribution in [0.2, 0.25) is 0 Å². The van der Waals surface area contributed by atoms with Gasteiger partial charge in [-0.2, -0.15) is 0 Å². The standard InChI is InChI=1S/C7H13NO2.ClH/c8-3-1-6-2-4-10-7(9)5-6;/h6H,1-5,8H2;1H. The quantitative estimate of drug-likeness (QED) is 0.636. The van der Waals surface area contributed by atoms with Crippen molar-refractivity contribution in [1.82, 2.24) is 0 Å². The number of carbonyl (C=O) groups is 1. The first kappa shape index (κ1) is 10.7. The summed E-state index contributed by atoms with van der Waals surface area (Å²) in [7, 11) is 0. The van der Waals surface area contributed by atoms with Gasteiger partial charge >= 0.3 is 5.97 Å². The second-order valence-corrected chi connectivity index (χ2v) is 2.66. The van der Waals surface area contributed by atoms with E-state index in [0.29, 0.717) is 25.5 Å². The maximum atomic E-state index is 10.7. The molecule has 1 unspecified atom stereocenters. The van der Waals surface area contributed by atoms with Crippen molar-refractivity contribution in [2.45, 2.75) is 19.3 Å². The van der Waals surface area contributed by atoms with Crippen LogP contribution in [0.3, 0.4) is 0 Å². The Hall–Kier alpha value is -0.280. The van der Waals surface area contributed by atoms with Crippen LogP contribution < -0.4 is 5.73 Å². The largest absolute Gasteiger partial charge is 0.466 e. The third-order valence-corrected chi connectivity index (χ3v) is 1.82. The molecule has 0 radical (unpaired) electrons. The van der Waals surface area contributed by atoms with Gasteiger partial charge in [0.15, 0.2) is 0 Å². The minimum Gasteiger partial charge on any atom is -0.466 e. The van der Waals surface area contributed by atoms with Gasteiger partial charge in [0, 0.05) is 6.42 Å². The zero-order chi connectivity index (χ0) is 7.40.